The molecule has 172 valence electrons. The van der Waals surface area contributed by atoms with Crippen LogP contribution in [0.15, 0.2) is 36.4 Å². The molecule has 1 aliphatic carbocycles. The number of aliphatic hydroxyl groups is 2. The first-order chi connectivity index (χ1) is 14.9. The summed E-state index contributed by atoms with van der Waals surface area (Å²) in [6.45, 7) is 0.650. The van der Waals surface area contributed by atoms with Gasteiger partial charge in [-0.1, -0.05) is 36.4 Å². The van der Waals surface area contributed by atoms with Crippen LogP contribution in [0.3, 0.4) is 0 Å². The zero-order valence-corrected chi connectivity index (χ0v) is 19.4. The maximum atomic E-state index is 12.3. The normalized spacial score (nSPS) is 22.3. The second-order valence-electron chi connectivity index (χ2n) is 7.63. The zero-order valence-electron chi connectivity index (χ0n) is 17.8. The van der Waals surface area contributed by atoms with Gasteiger partial charge in [0, 0.05) is 25.9 Å². The van der Waals surface area contributed by atoms with E-state index in [-0.39, 0.29) is 29.1 Å². The van der Waals surface area contributed by atoms with Gasteiger partial charge in [0.05, 0.1) is 29.8 Å². The van der Waals surface area contributed by atoms with Gasteiger partial charge in [-0.25, -0.2) is 0 Å². The molecule has 1 aromatic carbocycles. The van der Waals surface area contributed by atoms with Crippen molar-refractivity contribution in [2.45, 2.75) is 43.1 Å². The molecule has 8 heteroatoms. The van der Waals surface area contributed by atoms with E-state index < -0.39 is 18.2 Å². The third-order valence-corrected chi connectivity index (χ3v) is 7.55. The van der Waals surface area contributed by atoms with Crippen LogP contribution in [-0.4, -0.2) is 75.5 Å². The lowest BCUT2D eigenvalue weighted by Crippen LogP contribution is -2.22. The zero-order chi connectivity index (χ0) is 22.6. The maximum absolute atomic E-state index is 12.3. The lowest BCUT2D eigenvalue weighted by Gasteiger charge is -2.17. The number of carbonyl (C=O) groups excluding carboxylic acids is 1. The van der Waals surface area contributed by atoms with Crippen molar-refractivity contribution >= 4 is 35.3 Å². The van der Waals surface area contributed by atoms with Gasteiger partial charge in [0.15, 0.2) is 0 Å². The second kappa shape index (κ2) is 14.0. The van der Waals surface area contributed by atoms with Gasteiger partial charge in [-0.2, -0.15) is 11.8 Å². The number of carbonyl (C=O) groups is 2. The molecule has 1 fully saturated rings. The molecule has 1 aliphatic rings. The highest BCUT2D eigenvalue weighted by Gasteiger charge is 2.40. The number of carboxylic acid groups (broad SMARTS) is 1. The third kappa shape index (κ3) is 9.37. The molecule has 31 heavy (non-hydrogen) atoms. The molecule has 2 rings (SSSR count). The summed E-state index contributed by atoms with van der Waals surface area (Å²) < 4.78 is 5.11. The summed E-state index contributed by atoms with van der Waals surface area (Å²) in [4.78, 5) is 22.8. The van der Waals surface area contributed by atoms with Gasteiger partial charge in [-0.15, -0.1) is 11.8 Å². The standard InChI is InChI=1S/C23H32O6S2/c1-29-9-8-16-4-2-5-17(12-16)13-18(24)6-7-19-20(25)14-21(26)23(19)31-11-3-10-30-15-22(27)28/h2,4-7,12,18-20,23-25H,3,8-11,13-15H2,1H3,(H,27,28)/t18?,19-,20?,23?/m0/s1. The van der Waals surface area contributed by atoms with E-state index in [1.165, 1.54) is 23.5 Å². The van der Waals surface area contributed by atoms with Gasteiger partial charge in [-0.05, 0) is 35.5 Å². The minimum Gasteiger partial charge on any atom is -0.481 e. The summed E-state index contributed by atoms with van der Waals surface area (Å²) in [5.74, 6) is 0.446. The molecule has 0 saturated heterocycles. The predicted molar refractivity (Wildman–Crippen MR) is 126 cm³/mol. The smallest absolute Gasteiger partial charge is 0.313 e. The molecule has 0 radical (unpaired) electrons. The number of carboxylic acids is 1. The Morgan fingerprint density at radius 3 is 2.84 bits per heavy atom. The number of ether oxygens (including phenoxy) is 1. The molecule has 3 N–H and O–H groups in total. The number of ketones is 1. The van der Waals surface area contributed by atoms with E-state index in [1.807, 2.05) is 18.2 Å². The van der Waals surface area contributed by atoms with Crippen molar-refractivity contribution in [3.05, 3.63) is 47.5 Å². The van der Waals surface area contributed by atoms with E-state index in [2.05, 4.69) is 6.07 Å². The highest BCUT2D eigenvalue weighted by atomic mass is 32.2. The maximum Gasteiger partial charge on any atom is 0.313 e. The number of rotatable bonds is 14. The summed E-state index contributed by atoms with van der Waals surface area (Å²) in [6.07, 6.45) is 4.27. The average Bonchev–Trinajstić information content (AvgIpc) is 2.99. The molecule has 3 unspecified atom stereocenters. The van der Waals surface area contributed by atoms with Gasteiger partial charge < -0.3 is 20.1 Å². The van der Waals surface area contributed by atoms with Crippen LogP contribution >= 0.6 is 23.5 Å². The fraction of sp³-hybridized carbons (Fsp3) is 0.565. The Balaban J connectivity index is 1.85. The minimum atomic E-state index is -0.822. The number of Topliss-reactive ketones (excluding diaryl/α,β-unsaturated/α-hetero) is 1. The van der Waals surface area contributed by atoms with Gasteiger partial charge in [0.25, 0.3) is 0 Å². The van der Waals surface area contributed by atoms with E-state index in [1.54, 1.807) is 19.3 Å². The van der Waals surface area contributed by atoms with Crippen molar-refractivity contribution < 1.29 is 29.6 Å². The van der Waals surface area contributed by atoms with E-state index in [4.69, 9.17) is 9.84 Å². The average molecular weight is 469 g/mol. The summed E-state index contributed by atoms with van der Waals surface area (Å²) in [7, 11) is 1.67. The fourth-order valence-corrected chi connectivity index (χ4v) is 5.73. The quantitative estimate of drug-likeness (QED) is 0.283. The summed E-state index contributed by atoms with van der Waals surface area (Å²) in [5.41, 5.74) is 2.18. The number of methoxy groups -OCH3 is 1. The number of aliphatic hydroxyl groups excluding tert-OH is 2. The topological polar surface area (TPSA) is 104 Å². The molecule has 0 heterocycles. The Labute approximate surface area is 192 Å². The van der Waals surface area contributed by atoms with Gasteiger partial charge in [-0.3, -0.25) is 9.59 Å². The Bertz CT molecular complexity index is 739. The highest BCUT2D eigenvalue weighted by molar-refractivity contribution is 8.01. The largest absolute Gasteiger partial charge is 0.481 e. The van der Waals surface area contributed by atoms with E-state index in [0.29, 0.717) is 13.0 Å². The molecule has 4 atom stereocenters. The molecular formula is C23H32O6S2. The van der Waals surface area contributed by atoms with Gasteiger partial charge in [0.2, 0.25) is 0 Å². The lowest BCUT2D eigenvalue weighted by atomic mass is 10.0. The molecule has 0 spiro atoms. The van der Waals surface area contributed by atoms with Gasteiger partial charge in [0.1, 0.15) is 5.78 Å². The van der Waals surface area contributed by atoms with Crippen LogP contribution in [0.1, 0.15) is 24.0 Å². The Morgan fingerprint density at radius 1 is 1.32 bits per heavy atom. The Kier molecular flexibility index (Phi) is 11.7. The molecule has 0 aliphatic heterocycles. The fourth-order valence-electron chi connectivity index (χ4n) is 3.54. The van der Waals surface area contributed by atoms with Crippen molar-refractivity contribution in [3.63, 3.8) is 0 Å². The van der Waals surface area contributed by atoms with Crippen LogP contribution in [0.2, 0.25) is 0 Å². The molecule has 0 bridgehead atoms. The van der Waals surface area contributed by atoms with Crippen LogP contribution in [-0.2, 0) is 27.2 Å². The van der Waals surface area contributed by atoms with Crippen molar-refractivity contribution in [3.8, 4) is 0 Å². The predicted octanol–water partition coefficient (Wildman–Crippen LogP) is 2.59. The first-order valence-electron chi connectivity index (χ1n) is 10.5. The monoisotopic (exact) mass is 468 g/mol. The first-order valence-corrected chi connectivity index (χ1v) is 12.7. The van der Waals surface area contributed by atoms with Crippen molar-refractivity contribution in [1.82, 2.24) is 0 Å². The summed E-state index contributed by atoms with van der Waals surface area (Å²) in [5, 5.41) is 29.1. The third-order valence-electron chi connectivity index (χ3n) is 5.06. The molecule has 6 nitrogen and oxygen atoms in total. The Hall–Kier alpha value is -1.32. The summed E-state index contributed by atoms with van der Waals surface area (Å²) >= 11 is 2.88. The molecule has 0 amide bonds. The van der Waals surface area contributed by atoms with Gasteiger partial charge >= 0.3 is 5.97 Å². The van der Waals surface area contributed by atoms with Crippen LogP contribution < -0.4 is 0 Å². The van der Waals surface area contributed by atoms with E-state index in [0.717, 1.165) is 35.5 Å². The van der Waals surface area contributed by atoms with E-state index in [9.17, 15) is 19.8 Å². The number of benzene rings is 1. The van der Waals surface area contributed by atoms with Crippen molar-refractivity contribution in [1.29, 1.82) is 0 Å². The SMILES string of the molecule is COCCc1cccc(CC(O)C=C[C@H]2C(O)CC(=O)C2SCCCSCC(=O)O)c1. The molecule has 1 aromatic rings. The molecule has 0 aromatic heterocycles. The van der Waals surface area contributed by atoms with Crippen LogP contribution in [0.25, 0.3) is 0 Å². The number of thioether (sulfide) groups is 2. The minimum absolute atomic E-state index is 0.0330. The molecular weight excluding hydrogens is 436 g/mol. The second-order valence-corrected chi connectivity index (χ2v) is 9.98. The van der Waals surface area contributed by atoms with Crippen LogP contribution in [0, 0.1) is 5.92 Å². The number of hydrogen-bond acceptors (Lipinski definition) is 7. The van der Waals surface area contributed by atoms with E-state index >= 15 is 0 Å². The van der Waals surface area contributed by atoms with Crippen molar-refractivity contribution in [2.75, 3.05) is 31.0 Å². The first kappa shape index (κ1) is 25.9. The lowest BCUT2D eigenvalue weighted by molar-refractivity contribution is -0.133. The number of aliphatic carboxylic acids is 1. The van der Waals surface area contributed by atoms with Crippen molar-refractivity contribution in [2.24, 2.45) is 5.92 Å². The van der Waals surface area contributed by atoms with Crippen LogP contribution in [0.4, 0.5) is 0 Å². The number of hydrogen-bond donors (Lipinski definition) is 3. The van der Waals surface area contributed by atoms with Crippen LogP contribution in [0.5, 0.6) is 0 Å². The molecule has 1 saturated carbocycles. The highest BCUT2D eigenvalue weighted by Crippen LogP contribution is 2.34. The summed E-state index contributed by atoms with van der Waals surface area (Å²) in [6, 6.07) is 8.04. The Morgan fingerprint density at radius 2 is 2.10 bits per heavy atom.